The summed E-state index contributed by atoms with van der Waals surface area (Å²) in [5, 5.41) is 0. The van der Waals surface area contributed by atoms with Crippen LogP contribution in [-0.2, 0) is 0 Å². The smallest absolute Gasteiger partial charge is 0.0645 e. The SMILES string of the molecule is [2H]c1c([2H])c([2H])c(N2c3ccccc3-c3ccccc3-c3cc(-c4ccc5c(c4)-c4ccccc4-c4ccccc4N5c4ccc(-c5ccccc5)cc4)ccc32)c([2H])c1[2H]. The molecule has 2 aliphatic heterocycles. The highest BCUT2D eigenvalue weighted by Crippen LogP contribution is 2.54. The third-order valence-corrected chi connectivity index (χ3v) is 11.1. The van der Waals surface area contributed by atoms with Crippen LogP contribution in [0.4, 0.5) is 34.1 Å². The van der Waals surface area contributed by atoms with Gasteiger partial charge in [-0.25, -0.2) is 0 Å². The van der Waals surface area contributed by atoms with E-state index in [2.05, 4.69) is 144 Å². The summed E-state index contributed by atoms with van der Waals surface area (Å²) in [5.74, 6) is 0. The van der Waals surface area contributed by atoms with E-state index < -0.39 is 6.04 Å². The lowest BCUT2D eigenvalue weighted by atomic mass is 9.90. The number of anilines is 6. The van der Waals surface area contributed by atoms with Gasteiger partial charge in [0, 0.05) is 33.6 Å². The number of fused-ring (bicyclic) bond motifs is 10. The van der Waals surface area contributed by atoms with Crippen molar-refractivity contribution in [2.45, 2.75) is 0 Å². The Morgan fingerprint density at radius 1 is 0.268 bits per heavy atom. The Kier molecular flexibility index (Phi) is 6.39. The standard InChI is InChI=1S/C54H36N2/c1-3-15-37(16-4-1)38-27-31-42(32-28-38)56-52-26-14-12-24-48(52)44-20-8-10-22-46(44)50-36-40(30-34-54(50)56)39-29-33-53-49(35-39)45-21-9-7-19-43(45)47-23-11-13-25-51(47)55(53)41-17-5-2-6-18-41/h1-36H/i2D,5D,6D,17D,18D. The largest absolute Gasteiger partial charge is 0.309 e. The van der Waals surface area contributed by atoms with E-state index >= 15 is 0 Å². The van der Waals surface area contributed by atoms with Crippen LogP contribution in [0.2, 0.25) is 0 Å². The second kappa shape index (κ2) is 13.2. The summed E-state index contributed by atoms with van der Waals surface area (Å²) in [6.45, 7) is 0. The summed E-state index contributed by atoms with van der Waals surface area (Å²) in [6.07, 6.45) is 0. The van der Waals surface area contributed by atoms with Gasteiger partial charge in [0.15, 0.2) is 0 Å². The molecule has 2 heteroatoms. The Morgan fingerprint density at radius 2 is 0.643 bits per heavy atom. The summed E-state index contributed by atoms with van der Waals surface area (Å²) >= 11 is 0. The average molecular weight is 718 g/mol. The lowest BCUT2D eigenvalue weighted by Crippen LogP contribution is -2.11. The Morgan fingerprint density at radius 3 is 1.16 bits per heavy atom. The number of para-hydroxylation sites is 3. The van der Waals surface area contributed by atoms with Gasteiger partial charge in [-0.2, -0.15) is 0 Å². The van der Waals surface area contributed by atoms with Crippen molar-refractivity contribution in [2.75, 3.05) is 9.80 Å². The Balaban J connectivity index is 1.12. The predicted molar refractivity (Wildman–Crippen MR) is 236 cm³/mol. The highest BCUT2D eigenvalue weighted by molar-refractivity contribution is 6.05. The minimum absolute atomic E-state index is 0.110. The van der Waals surface area contributed by atoms with Gasteiger partial charge >= 0.3 is 0 Å². The molecule has 2 nitrogen and oxygen atoms in total. The van der Waals surface area contributed by atoms with Crippen LogP contribution in [0.5, 0.6) is 0 Å². The molecule has 0 N–H and O–H groups in total. The Bertz CT molecular complexity index is 3190. The van der Waals surface area contributed by atoms with Crippen molar-refractivity contribution in [3.63, 3.8) is 0 Å². The van der Waals surface area contributed by atoms with Crippen LogP contribution in [0.3, 0.4) is 0 Å². The van der Waals surface area contributed by atoms with Gasteiger partial charge in [-0.3, -0.25) is 0 Å². The van der Waals surface area contributed by atoms with E-state index in [1.807, 2.05) is 53.4 Å². The van der Waals surface area contributed by atoms with Gasteiger partial charge in [-0.1, -0.05) is 158 Å². The monoisotopic (exact) mass is 717 g/mol. The number of hydrogen-bond acceptors (Lipinski definition) is 2. The number of nitrogens with zero attached hydrogens (tertiary/aromatic N) is 2. The molecule has 0 saturated heterocycles. The van der Waals surface area contributed by atoms with Gasteiger partial charge < -0.3 is 9.80 Å². The van der Waals surface area contributed by atoms with Gasteiger partial charge in [0.1, 0.15) is 0 Å². The molecule has 0 fully saturated rings. The molecule has 0 saturated carbocycles. The minimum Gasteiger partial charge on any atom is -0.309 e. The molecule has 9 aromatic rings. The predicted octanol–water partition coefficient (Wildman–Crippen LogP) is 15.3. The molecule has 2 heterocycles. The zero-order valence-corrected chi connectivity index (χ0v) is 30.3. The molecule has 0 aliphatic carbocycles. The van der Waals surface area contributed by atoms with Gasteiger partial charge in [-0.15, -0.1) is 0 Å². The van der Waals surface area contributed by atoms with Crippen LogP contribution in [0, 0.1) is 0 Å². The summed E-state index contributed by atoms with van der Waals surface area (Å²) in [5.41, 5.74) is 17.4. The second-order valence-electron chi connectivity index (χ2n) is 14.1. The fourth-order valence-electron chi connectivity index (χ4n) is 8.52. The third kappa shape index (κ3) is 5.19. The van der Waals surface area contributed by atoms with E-state index in [0.29, 0.717) is 0 Å². The van der Waals surface area contributed by atoms with Gasteiger partial charge in [0.2, 0.25) is 0 Å². The van der Waals surface area contributed by atoms with Crippen LogP contribution in [0.15, 0.2) is 218 Å². The van der Waals surface area contributed by atoms with E-state index in [4.69, 9.17) is 6.85 Å². The lowest BCUT2D eigenvalue weighted by Gasteiger charge is -2.28. The summed E-state index contributed by atoms with van der Waals surface area (Å²) in [6, 6.07) is 63.9. The zero-order valence-electron chi connectivity index (χ0n) is 35.3. The van der Waals surface area contributed by atoms with Crippen molar-refractivity contribution in [3.8, 4) is 66.8 Å². The molecule has 0 radical (unpaired) electrons. The van der Waals surface area contributed by atoms with Gasteiger partial charge in [-0.05, 0) is 105 Å². The fraction of sp³-hybridized carbons (Fsp3) is 0. The summed E-state index contributed by atoms with van der Waals surface area (Å²) in [4.78, 5) is 4.21. The lowest BCUT2D eigenvalue weighted by molar-refractivity contribution is 1.29. The average Bonchev–Trinajstić information content (AvgIpc) is 3.52. The topological polar surface area (TPSA) is 6.48 Å². The Hall–Kier alpha value is -7.42. The molecule has 262 valence electrons. The molecule has 0 bridgehead atoms. The molecule has 56 heavy (non-hydrogen) atoms. The van der Waals surface area contributed by atoms with Crippen LogP contribution >= 0.6 is 0 Å². The molecule has 0 atom stereocenters. The van der Waals surface area contributed by atoms with Crippen molar-refractivity contribution >= 4 is 34.1 Å². The van der Waals surface area contributed by atoms with Gasteiger partial charge in [0.05, 0.1) is 29.6 Å². The third-order valence-electron chi connectivity index (χ3n) is 11.1. The normalized spacial score (nSPS) is 13.5. The van der Waals surface area contributed by atoms with Crippen molar-refractivity contribution in [3.05, 3.63) is 218 Å². The number of hydrogen-bond donors (Lipinski definition) is 0. The van der Waals surface area contributed by atoms with E-state index in [0.717, 1.165) is 89.6 Å². The first-order valence-electron chi connectivity index (χ1n) is 21.4. The molecular formula is C54H36N2. The minimum atomic E-state index is -0.420. The molecule has 9 aromatic carbocycles. The summed E-state index contributed by atoms with van der Waals surface area (Å²) < 4.78 is 43.8. The van der Waals surface area contributed by atoms with E-state index in [1.165, 1.54) is 5.56 Å². The fourth-order valence-corrected chi connectivity index (χ4v) is 8.52. The highest BCUT2D eigenvalue weighted by atomic mass is 15.2. The van der Waals surface area contributed by atoms with Crippen LogP contribution in [0.1, 0.15) is 6.85 Å². The Labute approximate surface area is 334 Å². The van der Waals surface area contributed by atoms with Crippen molar-refractivity contribution in [1.82, 2.24) is 0 Å². The molecule has 0 aromatic heterocycles. The van der Waals surface area contributed by atoms with Crippen LogP contribution in [0.25, 0.3) is 66.8 Å². The quantitative estimate of drug-likeness (QED) is 0.179. The van der Waals surface area contributed by atoms with Crippen LogP contribution < -0.4 is 9.80 Å². The first kappa shape index (κ1) is 27.2. The zero-order chi connectivity index (χ0) is 41.4. The molecule has 2 aliphatic rings. The molecule has 0 amide bonds. The second-order valence-corrected chi connectivity index (χ2v) is 14.1. The first-order chi connectivity index (χ1) is 29.9. The molecule has 0 unspecified atom stereocenters. The van der Waals surface area contributed by atoms with E-state index in [9.17, 15) is 0 Å². The number of rotatable bonds is 4. The van der Waals surface area contributed by atoms with E-state index in [-0.39, 0.29) is 29.9 Å². The number of benzene rings is 9. The molecule has 11 rings (SSSR count). The molecule has 0 spiro atoms. The maximum atomic E-state index is 9.09. The molecular weight excluding hydrogens is 677 g/mol. The van der Waals surface area contributed by atoms with Crippen molar-refractivity contribution in [2.24, 2.45) is 0 Å². The summed E-state index contributed by atoms with van der Waals surface area (Å²) in [7, 11) is 0. The maximum Gasteiger partial charge on any atom is 0.0645 e. The highest BCUT2D eigenvalue weighted by Gasteiger charge is 2.28. The van der Waals surface area contributed by atoms with E-state index in [1.54, 1.807) is 0 Å². The van der Waals surface area contributed by atoms with Crippen molar-refractivity contribution in [1.29, 1.82) is 0 Å². The van der Waals surface area contributed by atoms with Crippen molar-refractivity contribution < 1.29 is 6.85 Å². The van der Waals surface area contributed by atoms with Crippen LogP contribution in [-0.4, -0.2) is 0 Å². The maximum absolute atomic E-state index is 9.09. The van der Waals surface area contributed by atoms with Gasteiger partial charge in [0.25, 0.3) is 0 Å². The first-order valence-corrected chi connectivity index (χ1v) is 18.9.